The Labute approximate surface area is 137 Å². The van der Waals surface area contributed by atoms with Gasteiger partial charge in [0, 0.05) is 30.4 Å². The molecule has 0 aliphatic carbocycles. The largest absolute Gasteiger partial charge is 0.463 e. The van der Waals surface area contributed by atoms with Crippen LogP contribution in [0.3, 0.4) is 0 Å². The van der Waals surface area contributed by atoms with Crippen molar-refractivity contribution >= 4 is 5.91 Å². The molecule has 3 rings (SSSR count). The summed E-state index contributed by atoms with van der Waals surface area (Å²) >= 11 is 0. The van der Waals surface area contributed by atoms with Gasteiger partial charge in [-0.25, -0.2) is 4.98 Å². The SMILES string of the molecule is Cc1ncn(CCNC(=O)c2cc(-c3ccco3)[nH]n2)c(=O)c1C. The van der Waals surface area contributed by atoms with Gasteiger partial charge in [0.25, 0.3) is 11.5 Å². The number of nitrogens with one attached hydrogen (secondary N) is 2. The second kappa shape index (κ2) is 6.53. The topological polar surface area (TPSA) is 106 Å². The van der Waals surface area contributed by atoms with E-state index in [1.807, 2.05) is 0 Å². The van der Waals surface area contributed by atoms with Crippen molar-refractivity contribution in [1.82, 2.24) is 25.1 Å². The summed E-state index contributed by atoms with van der Waals surface area (Å²) in [4.78, 5) is 28.3. The van der Waals surface area contributed by atoms with Crippen LogP contribution in [0.15, 0.2) is 40.0 Å². The number of hydrogen-bond donors (Lipinski definition) is 2. The van der Waals surface area contributed by atoms with Crippen LogP contribution < -0.4 is 10.9 Å². The molecule has 24 heavy (non-hydrogen) atoms. The van der Waals surface area contributed by atoms with Crippen molar-refractivity contribution in [2.75, 3.05) is 6.54 Å². The van der Waals surface area contributed by atoms with E-state index in [-0.39, 0.29) is 17.2 Å². The molecule has 0 aliphatic rings. The Balaban J connectivity index is 1.60. The molecule has 2 N–H and O–H groups in total. The summed E-state index contributed by atoms with van der Waals surface area (Å²) in [5.41, 5.74) is 2.10. The van der Waals surface area contributed by atoms with E-state index in [1.54, 1.807) is 38.3 Å². The fraction of sp³-hybridized carbons (Fsp3) is 0.250. The number of nitrogens with zero attached hydrogens (tertiary/aromatic N) is 3. The third kappa shape index (κ3) is 3.12. The molecule has 124 valence electrons. The molecule has 3 heterocycles. The Morgan fingerprint density at radius 3 is 3.00 bits per heavy atom. The van der Waals surface area contributed by atoms with E-state index in [9.17, 15) is 9.59 Å². The molecule has 3 aromatic heterocycles. The van der Waals surface area contributed by atoms with E-state index in [4.69, 9.17) is 4.42 Å². The van der Waals surface area contributed by atoms with E-state index in [0.29, 0.717) is 35.8 Å². The van der Waals surface area contributed by atoms with Gasteiger partial charge in [-0.3, -0.25) is 19.3 Å². The summed E-state index contributed by atoms with van der Waals surface area (Å²) in [6, 6.07) is 5.14. The number of hydrogen-bond acceptors (Lipinski definition) is 5. The van der Waals surface area contributed by atoms with Gasteiger partial charge in [0.2, 0.25) is 0 Å². The fourth-order valence-electron chi connectivity index (χ4n) is 2.21. The molecule has 0 aromatic carbocycles. The van der Waals surface area contributed by atoms with Crippen LogP contribution in [0.25, 0.3) is 11.5 Å². The van der Waals surface area contributed by atoms with Gasteiger partial charge in [0.15, 0.2) is 11.5 Å². The lowest BCUT2D eigenvalue weighted by molar-refractivity contribution is 0.0947. The molecule has 0 bridgehead atoms. The van der Waals surface area contributed by atoms with Crippen molar-refractivity contribution in [3.05, 3.63) is 58.1 Å². The molecule has 0 fully saturated rings. The van der Waals surface area contributed by atoms with Gasteiger partial charge in [0.1, 0.15) is 5.69 Å². The maximum absolute atomic E-state index is 12.1. The quantitative estimate of drug-likeness (QED) is 0.734. The predicted molar refractivity (Wildman–Crippen MR) is 86.6 cm³/mol. The maximum atomic E-state index is 12.1. The molecular weight excluding hydrogens is 310 g/mol. The number of aryl methyl sites for hydroxylation is 1. The van der Waals surface area contributed by atoms with Crippen LogP contribution in [-0.2, 0) is 6.54 Å². The zero-order valence-corrected chi connectivity index (χ0v) is 13.4. The van der Waals surface area contributed by atoms with Crippen LogP contribution in [0.5, 0.6) is 0 Å². The zero-order valence-electron chi connectivity index (χ0n) is 13.4. The normalized spacial score (nSPS) is 10.8. The van der Waals surface area contributed by atoms with Crippen molar-refractivity contribution in [1.29, 1.82) is 0 Å². The molecule has 8 nitrogen and oxygen atoms in total. The molecule has 8 heteroatoms. The summed E-state index contributed by atoms with van der Waals surface area (Å²) in [6.45, 7) is 4.16. The minimum absolute atomic E-state index is 0.100. The monoisotopic (exact) mass is 327 g/mol. The predicted octanol–water partition coefficient (Wildman–Crippen LogP) is 1.27. The number of carbonyl (C=O) groups excluding carboxylic acids is 1. The summed E-state index contributed by atoms with van der Waals surface area (Å²) in [5, 5.41) is 9.44. The molecule has 0 unspecified atom stereocenters. The Morgan fingerprint density at radius 1 is 1.42 bits per heavy atom. The smallest absolute Gasteiger partial charge is 0.271 e. The molecular formula is C16H17N5O3. The van der Waals surface area contributed by atoms with Crippen LogP contribution in [0.2, 0.25) is 0 Å². The lowest BCUT2D eigenvalue weighted by Crippen LogP contribution is -2.32. The maximum Gasteiger partial charge on any atom is 0.271 e. The molecule has 3 aromatic rings. The van der Waals surface area contributed by atoms with Crippen molar-refractivity contribution in [2.45, 2.75) is 20.4 Å². The molecule has 0 radical (unpaired) electrons. The average molecular weight is 327 g/mol. The number of furan rings is 1. The zero-order chi connectivity index (χ0) is 17.1. The van der Waals surface area contributed by atoms with Crippen LogP contribution in [0, 0.1) is 13.8 Å². The van der Waals surface area contributed by atoms with E-state index in [1.165, 1.54) is 10.9 Å². The highest BCUT2D eigenvalue weighted by Gasteiger charge is 2.12. The van der Waals surface area contributed by atoms with Crippen molar-refractivity contribution in [2.24, 2.45) is 0 Å². The van der Waals surface area contributed by atoms with Gasteiger partial charge in [-0.05, 0) is 26.0 Å². The minimum Gasteiger partial charge on any atom is -0.463 e. The van der Waals surface area contributed by atoms with Crippen LogP contribution >= 0.6 is 0 Å². The second-order valence-corrected chi connectivity index (χ2v) is 5.35. The third-order valence-electron chi connectivity index (χ3n) is 3.75. The van der Waals surface area contributed by atoms with E-state index in [0.717, 1.165) is 0 Å². The van der Waals surface area contributed by atoms with E-state index < -0.39 is 0 Å². The average Bonchev–Trinajstić information content (AvgIpc) is 3.25. The molecule has 0 saturated heterocycles. The lowest BCUT2D eigenvalue weighted by Gasteiger charge is -2.08. The Kier molecular flexibility index (Phi) is 4.28. The van der Waals surface area contributed by atoms with E-state index in [2.05, 4.69) is 20.5 Å². The fourth-order valence-corrected chi connectivity index (χ4v) is 2.21. The van der Waals surface area contributed by atoms with Crippen LogP contribution in [0.1, 0.15) is 21.7 Å². The minimum atomic E-state index is -0.325. The molecule has 1 amide bonds. The van der Waals surface area contributed by atoms with Crippen molar-refractivity contribution in [3.8, 4) is 11.5 Å². The molecule has 0 saturated carbocycles. The van der Waals surface area contributed by atoms with Gasteiger partial charge in [0.05, 0.1) is 12.6 Å². The second-order valence-electron chi connectivity index (χ2n) is 5.35. The molecule has 0 spiro atoms. The number of H-pyrrole nitrogens is 1. The summed E-state index contributed by atoms with van der Waals surface area (Å²) in [7, 11) is 0. The number of amides is 1. The first-order valence-electron chi connectivity index (χ1n) is 7.46. The highest BCUT2D eigenvalue weighted by Crippen LogP contribution is 2.17. The van der Waals surface area contributed by atoms with Crippen molar-refractivity contribution in [3.63, 3.8) is 0 Å². The number of aromatic amines is 1. The summed E-state index contributed by atoms with van der Waals surface area (Å²) in [5.74, 6) is 0.281. The third-order valence-corrected chi connectivity index (χ3v) is 3.75. The highest BCUT2D eigenvalue weighted by atomic mass is 16.3. The Hall–Kier alpha value is -3.16. The standard InChI is InChI=1S/C16H17N5O3/c1-10-11(2)18-9-21(16(10)23)6-5-17-15(22)13-8-12(19-20-13)14-4-3-7-24-14/h3-4,7-9H,5-6H2,1-2H3,(H,17,22)(H,19,20). The van der Waals surface area contributed by atoms with Gasteiger partial charge in [-0.1, -0.05) is 0 Å². The highest BCUT2D eigenvalue weighted by molar-refractivity contribution is 5.93. The van der Waals surface area contributed by atoms with E-state index >= 15 is 0 Å². The number of aromatic nitrogens is 4. The molecule has 0 aliphatic heterocycles. The van der Waals surface area contributed by atoms with Gasteiger partial charge < -0.3 is 9.73 Å². The number of rotatable bonds is 5. The Bertz CT molecular complexity index is 908. The lowest BCUT2D eigenvalue weighted by atomic mass is 10.3. The molecule has 0 atom stereocenters. The van der Waals surface area contributed by atoms with Gasteiger partial charge >= 0.3 is 0 Å². The first-order chi connectivity index (χ1) is 11.6. The van der Waals surface area contributed by atoms with Crippen LogP contribution in [-0.4, -0.2) is 32.2 Å². The van der Waals surface area contributed by atoms with Crippen LogP contribution in [0.4, 0.5) is 0 Å². The first-order valence-corrected chi connectivity index (χ1v) is 7.46. The number of carbonyl (C=O) groups is 1. The Morgan fingerprint density at radius 2 is 2.25 bits per heavy atom. The van der Waals surface area contributed by atoms with Crippen molar-refractivity contribution < 1.29 is 9.21 Å². The summed E-state index contributed by atoms with van der Waals surface area (Å²) in [6.07, 6.45) is 3.03. The van der Waals surface area contributed by atoms with Gasteiger partial charge in [-0.15, -0.1) is 0 Å². The summed E-state index contributed by atoms with van der Waals surface area (Å²) < 4.78 is 6.71. The first kappa shape index (κ1) is 15.7. The van der Waals surface area contributed by atoms with Gasteiger partial charge in [-0.2, -0.15) is 5.10 Å².